The maximum atomic E-state index is 12.4. The van der Waals surface area contributed by atoms with Gasteiger partial charge in [0.15, 0.2) is 0 Å². The summed E-state index contributed by atoms with van der Waals surface area (Å²) in [4.78, 5) is 24.1. The minimum absolute atomic E-state index is 0.0234. The molecule has 0 fully saturated rings. The molecule has 0 radical (unpaired) electrons. The molecule has 0 bridgehead atoms. The number of rotatable bonds is 6. The number of nitrogens with one attached hydrogen (secondary N) is 1. The summed E-state index contributed by atoms with van der Waals surface area (Å²) in [5, 5.41) is 17.9. The molecule has 0 aliphatic heterocycles. The molecule has 0 aliphatic rings. The second-order valence-electron chi connectivity index (χ2n) is 5.66. The van der Waals surface area contributed by atoms with E-state index < -0.39 is 10.8 Å². The molecule has 1 heterocycles. The van der Waals surface area contributed by atoms with Gasteiger partial charge in [-0.05, 0) is 32.9 Å². The molecule has 1 atom stereocenters. The van der Waals surface area contributed by atoms with Gasteiger partial charge in [-0.1, -0.05) is 17.7 Å². The Hall–Kier alpha value is -2.35. The van der Waals surface area contributed by atoms with Crippen LogP contribution >= 0.6 is 11.8 Å². The number of aromatic nitrogens is 2. The summed E-state index contributed by atoms with van der Waals surface area (Å²) in [6.45, 7) is 5.42. The number of hydrogen-bond acceptors (Lipinski definition) is 5. The van der Waals surface area contributed by atoms with E-state index in [1.54, 1.807) is 11.8 Å². The summed E-state index contributed by atoms with van der Waals surface area (Å²) in [7, 11) is 1.53. The minimum atomic E-state index is -0.567. The molecule has 1 N–H and O–H groups in total. The lowest BCUT2D eigenvalue weighted by atomic mass is 10.2. The second-order valence-corrected chi connectivity index (χ2v) is 6.76. The molecule has 128 valence electrons. The van der Waals surface area contributed by atoms with Crippen molar-refractivity contribution in [3.8, 4) is 0 Å². The average Bonchev–Trinajstić information content (AvgIpc) is 2.81. The zero-order valence-electron chi connectivity index (χ0n) is 14.1. The third kappa shape index (κ3) is 4.14. The van der Waals surface area contributed by atoms with Gasteiger partial charge >= 0.3 is 5.69 Å². The first-order valence-electron chi connectivity index (χ1n) is 7.48. The van der Waals surface area contributed by atoms with Crippen LogP contribution < -0.4 is 5.32 Å². The van der Waals surface area contributed by atoms with Crippen molar-refractivity contribution in [2.45, 2.75) is 31.7 Å². The standard InChI is InChI=1S/C16H20N4O3S/c1-10-5-7-13(8-6-10)24-9-11(2)17-16(21)15-14(20(22)23)12(3)18-19(15)4/h5-8,11H,9H2,1-4H3,(H,17,21). The monoisotopic (exact) mass is 348 g/mol. The molecule has 8 heteroatoms. The number of nitro groups is 1. The van der Waals surface area contributed by atoms with E-state index in [-0.39, 0.29) is 23.1 Å². The zero-order valence-corrected chi connectivity index (χ0v) is 14.9. The van der Waals surface area contributed by atoms with Gasteiger partial charge < -0.3 is 5.32 Å². The number of thioether (sulfide) groups is 1. The Morgan fingerprint density at radius 1 is 1.38 bits per heavy atom. The fourth-order valence-electron chi connectivity index (χ4n) is 2.31. The van der Waals surface area contributed by atoms with Gasteiger partial charge in [-0.2, -0.15) is 5.10 Å². The SMILES string of the molecule is Cc1ccc(SCC(C)NC(=O)c2c([N+](=O)[O-])c(C)nn2C)cc1. The van der Waals surface area contributed by atoms with Crippen LogP contribution in [0.1, 0.15) is 28.7 Å². The first-order valence-corrected chi connectivity index (χ1v) is 8.46. The van der Waals surface area contributed by atoms with Crippen LogP contribution in [0.3, 0.4) is 0 Å². The highest BCUT2D eigenvalue weighted by Crippen LogP contribution is 2.23. The summed E-state index contributed by atoms with van der Waals surface area (Å²) in [5.41, 5.74) is 1.16. The van der Waals surface area contributed by atoms with Crippen molar-refractivity contribution in [1.29, 1.82) is 0 Å². The van der Waals surface area contributed by atoms with Gasteiger partial charge in [-0.3, -0.25) is 19.6 Å². The quantitative estimate of drug-likeness (QED) is 0.492. The van der Waals surface area contributed by atoms with Crippen molar-refractivity contribution in [1.82, 2.24) is 15.1 Å². The van der Waals surface area contributed by atoms with Crippen molar-refractivity contribution in [2.24, 2.45) is 7.05 Å². The lowest BCUT2D eigenvalue weighted by Gasteiger charge is -2.13. The topological polar surface area (TPSA) is 90.1 Å². The van der Waals surface area contributed by atoms with E-state index in [2.05, 4.69) is 10.4 Å². The normalized spacial score (nSPS) is 12.0. The van der Waals surface area contributed by atoms with Crippen LogP contribution in [0.2, 0.25) is 0 Å². The van der Waals surface area contributed by atoms with Gasteiger partial charge in [0.2, 0.25) is 5.69 Å². The first kappa shape index (κ1) is 18.0. The zero-order chi connectivity index (χ0) is 17.9. The van der Waals surface area contributed by atoms with Gasteiger partial charge in [-0.15, -0.1) is 11.8 Å². The number of hydrogen-bond donors (Lipinski definition) is 1. The molecule has 7 nitrogen and oxygen atoms in total. The van der Waals surface area contributed by atoms with E-state index in [0.717, 1.165) is 4.90 Å². The van der Waals surface area contributed by atoms with Gasteiger partial charge in [0.1, 0.15) is 5.69 Å². The van der Waals surface area contributed by atoms with Crippen LogP contribution in [-0.2, 0) is 7.05 Å². The molecule has 1 unspecified atom stereocenters. The van der Waals surface area contributed by atoms with Crippen molar-refractivity contribution in [3.63, 3.8) is 0 Å². The van der Waals surface area contributed by atoms with Crippen LogP contribution in [0.5, 0.6) is 0 Å². The van der Waals surface area contributed by atoms with Crippen LogP contribution in [0.15, 0.2) is 29.2 Å². The first-order chi connectivity index (χ1) is 11.3. The smallest absolute Gasteiger partial charge is 0.322 e. The van der Waals surface area contributed by atoms with Gasteiger partial charge in [-0.25, -0.2) is 0 Å². The fourth-order valence-corrected chi connectivity index (χ4v) is 3.16. The van der Waals surface area contributed by atoms with Crippen LogP contribution in [0.25, 0.3) is 0 Å². The Bertz CT molecular complexity index is 755. The number of carbonyl (C=O) groups excluding carboxylic acids is 1. The molecule has 2 aromatic rings. The summed E-state index contributed by atoms with van der Waals surface area (Å²) < 4.78 is 1.25. The fraction of sp³-hybridized carbons (Fsp3) is 0.375. The number of nitrogens with zero attached hydrogens (tertiary/aromatic N) is 3. The van der Waals surface area contributed by atoms with Gasteiger partial charge in [0.05, 0.1) is 4.92 Å². The van der Waals surface area contributed by atoms with Crippen molar-refractivity contribution in [3.05, 3.63) is 51.3 Å². The molecule has 0 aliphatic carbocycles. The summed E-state index contributed by atoms with van der Waals surface area (Å²) >= 11 is 1.62. The molecule has 1 aromatic carbocycles. The molecule has 24 heavy (non-hydrogen) atoms. The third-order valence-corrected chi connectivity index (χ3v) is 4.76. The number of benzene rings is 1. The summed E-state index contributed by atoms with van der Waals surface area (Å²) in [5.74, 6) is 0.182. The molecule has 0 saturated heterocycles. The minimum Gasteiger partial charge on any atom is -0.347 e. The number of carbonyl (C=O) groups is 1. The molecular formula is C16H20N4O3S. The maximum absolute atomic E-state index is 12.4. The predicted molar refractivity (Wildman–Crippen MR) is 93.4 cm³/mol. The van der Waals surface area contributed by atoms with E-state index in [1.165, 1.54) is 24.2 Å². The molecule has 1 amide bonds. The number of aryl methyl sites for hydroxylation is 3. The summed E-state index contributed by atoms with van der Waals surface area (Å²) in [6.07, 6.45) is 0. The summed E-state index contributed by atoms with van der Waals surface area (Å²) in [6, 6.07) is 7.99. The van der Waals surface area contributed by atoms with Crippen molar-refractivity contribution >= 4 is 23.4 Å². The van der Waals surface area contributed by atoms with Gasteiger partial charge in [0.25, 0.3) is 5.91 Å². The lowest BCUT2D eigenvalue weighted by Crippen LogP contribution is -2.35. The van der Waals surface area contributed by atoms with Gasteiger partial charge in [0, 0.05) is 23.7 Å². The van der Waals surface area contributed by atoms with Crippen molar-refractivity contribution < 1.29 is 9.72 Å². The van der Waals surface area contributed by atoms with Crippen LogP contribution in [0, 0.1) is 24.0 Å². The van der Waals surface area contributed by atoms with E-state index >= 15 is 0 Å². The molecule has 1 aromatic heterocycles. The largest absolute Gasteiger partial charge is 0.347 e. The van der Waals surface area contributed by atoms with E-state index in [4.69, 9.17) is 0 Å². The Kier molecular flexibility index (Phi) is 5.61. The van der Waals surface area contributed by atoms with Crippen LogP contribution in [0.4, 0.5) is 5.69 Å². The third-order valence-electron chi connectivity index (χ3n) is 3.49. The average molecular weight is 348 g/mol. The predicted octanol–water partition coefficient (Wildman–Crippen LogP) is 2.86. The molecule has 0 spiro atoms. The highest BCUT2D eigenvalue weighted by atomic mass is 32.2. The second kappa shape index (κ2) is 7.48. The van der Waals surface area contributed by atoms with Crippen molar-refractivity contribution in [2.75, 3.05) is 5.75 Å². The molecule has 2 rings (SSSR count). The Morgan fingerprint density at radius 2 is 2.00 bits per heavy atom. The Morgan fingerprint density at radius 3 is 2.58 bits per heavy atom. The highest BCUT2D eigenvalue weighted by molar-refractivity contribution is 7.99. The molecular weight excluding hydrogens is 328 g/mol. The maximum Gasteiger partial charge on any atom is 0.322 e. The lowest BCUT2D eigenvalue weighted by molar-refractivity contribution is -0.385. The van der Waals surface area contributed by atoms with E-state index in [1.807, 2.05) is 38.1 Å². The number of amides is 1. The molecule has 0 saturated carbocycles. The Balaban J connectivity index is 2.01. The Labute approximate surface area is 144 Å². The van der Waals surface area contributed by atoms with Crippen LogP contribution in [-0.4, -0.2) is 32.4 Å². The van der Waals surface area contributed by atoms with E-state index in [9.17, 15) is 14.9 Å². The van der Waals surface area contributed by atoms with E-state index in [0.29, 0.717) is 5.75 Å². The highest BCUT2D eigenvalue weighted by Gasteiger charge is 2.29.